The van der Waals surface area contributed by atoms with Gasteiger partial charge in [0, 0.05) is 6.42 Å². The molecule has 4 heteroatoms. The van der Waals surface area contributed by atoms with Gasteiger partial charge in [-0.05, 0) is 43.8 Å². The van der Waals surface area contributed by atoms with Gasteiger partial charge in [0.1, 0.15) is 0 Å². The van der Waals surface area contributed by atoms with Gasteiger partial charge in [-0.15, -0.1) is 0 Å². The summed E-state index contributed by atoms with van der Waals surface area (Å²) in [5, 5.41) is 15.7. The molecule has 2 atom stereocenters. The van der Waals surface area contributed by atoms with Crippen molar-refractivity contribution in [2.24, 2.45) is 5.92 Å². The number of hydrogen-bond donors (Lipinski definition) is 3. The molecule has 0 bridgehead atoms. The number of carbonyl (C=O) groups excluding carboxylic acids is 1. The Kier molecular flexibility index (Phi) is 6.02. The molecular weight excluding hydrogens is 252 g/mol. The molecule has 20 heavy (non-hydrogen) atoms. The average Bonchev–Trinajstić information content (AvgIpc) is 2.52. The minimum Gasteiger partial charge on any atom is -0.394 e. The highest BCUT2D eigenvalue weighted by molar-refractivity contribution is 5.76. The number of aliphatic hydroxyl groups excluding tert-OH is 1. The second-order valence-corrected chi connectivity index (χ2v) is 5.46. The number of rotatable bonds is 6. The van der Waals surface area contributed by atoms with Crippen LogP contribution in [0.4, 0.5) is 0 Å². The summed E-state index contributed by atoms with van der Waals surface area (Å²) < 4.78 is 0. The number of nitrogens with one attached hydrogen (secondary N) is 2. The molecule has 1 aliphatic heterocycles. The van der Waals surface area contributed by atoms with Gasteiger partial charge in [-0.2, -0.15) is 0 Å². The Morgan fingerprint density at radius 2 is 2.20 bits per heavy atom. The van der Waals surface area contributed by atoms with Crippen molar-refractivity contribution in [3.63, 3.8) is 0 Å². The fourth-order valence-electron chi connectivity index (χ4n) is 2.69. The van der Waals surface area contributed by atoms with Crippen LogP contribution in [0.3, 0.4) is 0 Å². The lowest BCUT2D eigenvalue weighted by Crippen LogP contribution is -2.33. The second kappa shape index (κ2) is 8.02. The summed E-state index contributed by atoms with van der Waals surface area (Å²) in [5.74, 6) is 0.636. The minimum atomic E-state index is -0.298. The van der Waals surface area contributed by atoms with E-state index in [9.17, 15) is 9.90 Å². The number of hydrogen-bond acceptors (Lipinski definition) is 3. The maximum Gasteiger partial charge on any atom is 0.220 e. The molecule has 2 rings (SSSR count). The Morgan fingerprint density at radius 3 is 2.85 bits per heavy atom. The largest absolute Gasteiger partial charge is 0.394 e. The molecule has 1 saturated heterocycles. The van der Waals surface area contributed by atoms with Crippen LogP contribution in [0.1, 0.15) is 37.3 Å². The Balaban J connectivity index is 1.77. The van der Waals surface area contributed by atoms with Gasteiger partial charge < -0.3 is 15.7 Å². The highest BCUT2D eigenvalue weighted by Crippen LogP contribution is 2.17. The van der Waals surface area contributed by atoms with Gasteiger partial charge in [0.25, 0.3) is 0 Å². The van der Waals surface area contributed by atoms with E-state index in [2.05, 4.69) is 10.6 Å². The first-order valence-corrected chi connectivity index (χ1v) is 7.45. The Morgan fingerprint density at radius 1 is 1.40 bits per heavy atom. The second-order valence-electron chi connectivity index (χ2n) is 5.46. The maximum absolute atomic E-state index is 12.0. The van der Waals surface area contributed by atoms with Crippen molar-refractivity contribution in [3.8, 4) is 0 Å². The average molecular weight is 276 g/mol. The summed E-state index contributed by atoms with van der Waals surface area (Å²) in [4.78, 5) is 12.0. The van der Waals surface area contributed by atoms with E-state index in [-0.39, 0.29) is 18.6 Å². The van der Waals surface area contributed by atoms with Crippen LogP contribution < -0.4 is 10.6 Å². The standard InChI is InChI=1S/C16H24N2O2/c19-12-15(14-6-2-1-3-7-14)18-16(20)9-8-13-5-4-10-17-11-13/h1-3,6-7,13,15,17,19H,4-5,8-12H2,(H,18,20)/t13?,15-/m1/s1. The third-order valence-electron chi connectivity index (χ3n) is 3.90. The number of piperidine rings is 1. The summed E-state index contributed by atoms with van der Waals surface area (Å²) in [5.41, 5.74) is 0.947. The molecule has 110 valence electrons. The maximum atomic E-state index is 12.0. The summed E-state index contributed by atoms with van der Waals surface area (Å²) in [6.45, 7) is 2.05. The van der Waals surface area contributed by atoms with E-state index in [1.807, 2.05) is 30.3 Å². The minimum absolute atomic E-state index is 0.0264. The van der Waals surface area contributed by atoms with E-state index in [0.29, 0.717) is 12.3 Å². The molecule has 0 aromatic heterocycles. The van der Waals surface area contributed by atoms with Crippen LogP contribution in [-0.4, -0.2) is 30.7 Å². The van der Waals surface area contributed by atoms with Crippen molar-refractivity contribution < 1.29 is 9.90 Å². The van der Waals surface area contributed by atoms with Crippen LogP contribution in [0.5, 0.6) is 0 Å². The van der Waals surface area contributed by atoms with Crippen LogP contribution in [0.25, 0.3) is 0 Å². The monoisotopic (exact) mass is 276 g/mol. The van der Waals surface area contributed by atoms with Crippen molar-refractivity contribution in [3.05, 3.63) is 35.9 Å². The number of benzene rings is 1. The zero-order valence-electron chi connectivity index (χ0n) is 11.8. The first-order chi connectivity index (χ1) is 9.79. The molecule has 1 aliphatic rings. The van der Waals surface area contributed by atoms with Crippen molar-refractivity contribution in [2.75, 3.05) is 19.7 Å². The summed E-state index contributed by atoms with van der Waals surface area (Å²) in [6, 6.07) is 9.30. The van der Waals surface area contributed by atoms with Crippen LogP contribution in [0, 0.1) is 5.92 Å². The van der Waals surface area contributed by atoms with Gasteiger partial charge in [0.05, 0.1) is 12.6 Å². The van der Waals surface area contributed by atoms with Crippen molar-refractivity contribution in [2.45, 2.75) is 31.7 Å². The van der Waals surface area contributed by atoms with Gasteiger partial charge in [-0.25, -0.2) is 0 Å². The van der Waals surface area contributed by atoms with Crippen LogP contribution in [0.2, 0.25) is 0 Å². The quantitative estimate of drug-likeness (QED) is 0.740. The van der Waals surface area contributed by atoms with Gasteiger partial charge in [-0.3, -0.25) is 4.79 Å². The van der Waals surface area contributed by atoms with E-state index in [1.165, 1.54) is 12.8 Å². The van der Waals surface area contributed by atoms with Crippen molar-refractivity contribution in [1.29, 1.82) is 0 Å². The molecule has 1 unspecified atom stereocenters. The smallest absolute Gasteiger partial charge is 0.220 e. The molecule has 3 N–H and O–H groups in total. The van der Waals surface area contributed by atoms with Gasteiger partial charge in [-0.1, -0.05) is 30.3 Å². The predicted octanol–water partition coefficient (Wildman–Crippen LogP) is 1.62. The summed E-state index contributed by atoms with van der Waals surface area (Å²) in [6.07, 6.45) is 3.87. The lowest BCUT2D eigenvalue weighted by Gasteiger charge is -2.23. The fraction of sp³-hybridized carbons (Fsp3) is 0.562. The van der Waals surface area contributed by atoms with Gasteiger partial charge in [0.15, 0.2) is 0 Å². The van der Waals surface area contributed by atoms with Crippen molar-refractivity contribution >= 4 is 5.91 Å². The molecule has 1 heterocycles. The number of aliphatic hydroxyl groups is 1. The summed E-state index contributed by atoms with van der Waals surface area (Å²) >= 11 is 0. The third-order valence-corrected chi connectivity index (χ3v) is 3.90. The van der Waals surface area contributed by atoms with E-state index in [0.717, 1.165) is 25.1 Å². The summed E-state index contributed by atoms with van der Waals surface area (Å²) in [7, 11) is 0. The SMILES string of the molecule is O=C(CCC1CCCNC1)N[C@H](CO)c1ccccc1. The highest BCUT2D eigenvalue weighted by atomic mass is 16.3. The topological polar surface area (TPSA) is 61.4 Å². The van der Waals surface area contributed by atoms with E-state index in [4.69, 9.17) is 0 Å². The lowest BCUT2D eigenvalue weighted by atomic mass is 9.94. The lowest BCUT2D eigenvalue weighted by molar-refractivity contribution is -0.122. The fourth-order valence-corrected chi connectivity index (χ4v) is 2.69. The predicted molar refractivity (Wildman–Crippen MR) is 79.2 cm³/mol. The molecule has 0 spiro atoms. The van der Waals surface area contributed by atoms with E-state index >= 15 is 0 Å². The molecular formula is C16H24N2O2. The molecule has 4 nitrogen and oxygen atoms in total. The van der Waals surface area contributed by atoms with Crippen LogP contribution in [0.15, 0.2) is 30.3 Å². The van der Waals surface area contributed by atoms with Gasteiger partial charge in [0.2, 0.25) is 5.91 Å². The normalized spacial score (nSPS) is 20.4. The van der Waals surface area contributed by atoms with Crippen molar-refractivity contribution in [1.82, 2.24) is 10.6 Å². The zero-order chi connectivity index (χ0) is 14.2. The van der Waals surface area contributed by atoms with E-state index in [1.54, 1.807) is 0 Å². The van der Waals surface area contributed by atoms with Crippen LogP contribution >= 0.6 is 0 Å². The molecule has 1 aromatic rings. The van der Waals surface area contributed by atoms with Crippen LogP contribution in [-0.2, 0) is 4.79 Å². The Hall–Kier alpha value is -1.39. The first-order valence-electron chi connectivity index (χ1n) is 7.45. The Labute approximate surface area is 120 Å². The van der Waals surface area contributed by atoms with E-state index < -0.39 is 0 Å². The molecule has 0 aliphatic carbocycles. The molecule has 0 saturated carbocycles. The molecule has 1 aromatic carbocycles. The number of amides is 1. The highest BCUT2D eigenvalue weighted by Gasteiger charge is 2.17. The number of carbonyl (C=O) groups is 1. The molecule has 1 fully saturated rings. The first kappa shape index (κ1) is 15.0. The van der Waals surface area contributed by atoms with Gasteiger partial charge >= 0.3 is 0 Å². The third kappa shape index (κ3) is 4.62. The molecule has 0 radical (unpaired) electrons. The zero-order valence-corrected chi connectivity index (χ0v) is 11.8. The molecule has 1 amide bonds. The Bertz CT molecular complexity index is 402.